The van der Waals surface area contributed by atoms with Crippen LogP contribution in [0.4, 0.5) is 0 Å². The second kappa shape index (κ2) is 7.85. The van der Waals surface area contributed by atoms with Gasteiger partial charge in [-0.1, -0.05) is 53.4 Å². The topological polar surface area (TPSA) is 51.2 Å². The van der Waals surface area contributed by atoms with Crippen molar-refractivity contribution in [1.82, 2.24) is 0 Å². The van der Waals surface area contributed by atoms with Gasteiger partial charge in [-0.15, -0.1) is 0 Å². The summed E-state index contributed by atoms with van der Waals surface area (Å²) in [6.45, 7) is 1.29. The first-order valence-electron chi connectivity index (χ1n) is 7.01. The van der Waals surface area contributed by atoms with E-state index in [1.165, 1.54) is 6.92 Å². The first-order chi connectivity index (χ1) is 11.3. The van der Waals surface area contributed by atoms with Crippen molar-refractivity contribution in [1.29, 1.82) is 0 Å². The number of ketones is 1. The lowest BCUT2D eigenvalue weighted by atomic mass is 10.0. The van der Waals surface area contributed by atoms with Gasteiger partial charge in [0.2, 0.25) is 5.78 Å². The number of benzene rings is 2. The van der Waals surface area contributed by atoms with Crippen molar-refractivity contribution in [3.8, 4) is 11.8 Å². The van der Waals surface area contributed by atoms with Crippen molar-refractivity contribution in [2.24, 2.45) is 0 Å². The standard InChI is InChI=1S/C18H14Cl2O3S/c1-13(21)3-2-12-24(22,23)18(14-4-8-16(19)9-5-14)15-6-10-17(20)11-7-15/h4-11,18H,12H2,1H3. The highest BCUT2D eigenvalue weighted by Gasteiger charge is 2.28. The fourth-order valence-electron chi connectivity index (χ4n) is 2.23. The molecule has 0 aliphatic rings. The third-order valence-corrected chi connectivity index (χ3v) is 5.56. The molecule has 0 saturated heterocycles. The van der Waals surface area contributed by atoms with Crippen molar-refractivity contribution in [2.45, 2.75) is 12.2 Å². The Hall–Kier alpha value is -1.80. The lowest BCUT2D eigenvalue weighted by molar-refractivity contribution is -0.111. The SMILES string of the molecule is CC(=O)C#CCS(=O)(=O)C(c1ccc(Cl)cc1)c1ccc(Cl)cc1. The number of Topliss-reactive ketones (excluding diaryl/α,β-unsaturated/α-hetero) is 1. The summed E-state index contributed by atoms with van der Waals surface area (Å²) in [4.78, 5) is 10.9. The Kier molecular flexibility index (Phi) is 6.06. The molecule has 0 amide bonds. The second-order valence-electron chi connectivity index (χ2n) is 5.15. The molecule has 0 aliphatic heterocycles. The Balaban J connectivity index is 2.50. The van der Waals surface area contributed by atoms with E-state index in [1.54, 1.807) is 48.5 Å². The number of hydrogen-bond acceptors (Lipinski definition) is 3. The van der Waals surface area contributed by atoms with Crippen molar-refractivity contribution in [2.75, 3.05) is 5.75 Å². The molecule has 0 fully saturated rings. The molecule has 2 aromatic carbocycles. The van der Waals surface area contributed by atoms with E-state index in [1.807, 2.05) is 0 Å². The summed E-state index contributed by atoms with van der Waals surface area (Å²) in [5.41, 5.74) is 1.15. The Bertz CT molecular complexity index is 845. The molecule has 6 heteroatoms. The molecule has 2 rings (SSSR count). The number of carbonyl (C=O) groups is 1. The van der Waals surface area contributed by atoms with Gasteiger partial charge < -0.3 is 0 Å². The molecule has 0 bridgehead atoms. The summed E-state index contributed by atoms with van der Waals surface area (Å²) in [7, 11) is -3.66. The first kappa shape index (κ1) is 18.5. The molecule has 2 aromatic rings. The maximum atomic E-state index is 12.8. The number of halogens is 2. The van der Waals surface area contributed by atoms with E-state index >= 15 is 0 Å². The zero-order chi connectivity index (χ0) is 17.7. The second-order valence-corrected chi connectivity index (χ2v) is 8.11. The molecule has 3 nitrogen and oxygen atoms in total. The zero-order valence-corrected chi connectivity index (χ0v) is 15.1. The quantitative estimate of drug-likeness (QED) is 0.592. The lowest BCUT2D eigenvalue weighted by Crippen LogP contribution is -2.17. The lowest BCUT2D eigenvalue weighted by Gasteiger charge is -2.17. The molecule has 0 radical (unpaired) electrons. The van der Waals surface area contributed by atoms with Crippen LogP contribution in [0.25, 0.3) is 0 Å². The number of sulfone groups is 1. The van der Waals surface area contributed by atoms with Crippen LogP contribution in [-0.2, 0) is 14.6 Å². The van der Waals surface area contributed by atoms with Crippen molar-refractivity contribution >= 4 is 38.8 Å². The van der Waals surface area contributed by atoms with Gasteiger partial charge in [0, 0.05) is 17.0 Å². The Morgan fingerprint density at radius 1 is 0.958 bits per heavy atom. The molecule has 0 N–H and O–H groups in total. The predicted molar refractivity (Wildman–Crippen MR) is 97.0 cm³/mol. The molecule has 0 heterocycles. The number of hydrogen-bond donors (Lipinski definition) is 0. The van der Waals surface area contributed by atoms with Crippen LogP contribution in [-0.4, -0.2) is 20.0 Å². The van der Waals surface area contributed by atoms with Crippen LogP contribution in [0.5, 0.6) is 0 Å². The smallest absolute Gasteiger partial charge is 0.202 e. The maximum absolute atomic E-state index is 12.8. The fraction of sp³-hybridized carbons (Fsp3) is 0.167. The van der Waals surface area contributed by atoms with Crippen LogP contribution in [0, 0.1) is 11.8 Å². The van der Waals surface area contributed by atoms with Gasteiger partial charge in [0.1, 0.15) is 11.0 Å². The highest BCUT2D eigenvalue weighted by molar-refractivity contribution is 7.92. The third kappa shape index (κ3) is 4.85. The highest BCUT2D eigenvalue weighted by atomic mass is 35.5. The van der Waals surface area contributed by atoms with Gasteiger partial charge in [0.25, 0.3) is 0 Å². The van der Waals surface area contributed by atoms with Gasteiger partial charge in [-0.05, 0) is 41.3 Å². The van der Waals surface area contributed by atoms with E-state index in [4.69, 9.17) is 23.2 Å². The third-order valence-electron chi connectivity index (χ3n) is 3.24. The molecular weight excluding hydrogens is 367 g/mol. The monoisotopic (exact) mass is 380 g/mol. The van der Waals surface area contributed by atoms with E-state index < -0.39 is 20.8 Å². The van der Waals surface area contributed by atoms with Crippen LogP contribution in [0.3, 0.4) is 0 Å². The maximum Gasteiger partial charge on any atom is 0.202 e. The van der Waals surface area contributed by atoms with E-state index in [-0.39, 0.29) is 5.78 Å². The molecule has 124 valence electrons. The van der Waals surface area contributed by atoms with E-state index in [0.29, 0.717) is 21.2 Å². The summed E-state index contributed by atoms with van der Waals surface area (Å²) in [5, 5.41) is 0.123. The summed E-state index contributed by atoms with van der Waals surface area (Å²) < 4.78 is 25.6. The fourth-order valence-corrected chi connectivity index (χ4v) is 4.06. The minimum atomic E-state index is -3.66. The normalized spacial score (nSPS) is 11.0. The van der Waals surface area contributed by atoms with Gasteiger partial charge in [0.15, 0.2) is 9.84 Å². The van der Waals surface area contributed by atoms with Crippen molar-refractivity contribution < 1.29 is 13.2 Å². The molecule has 24 heavy (non-hydrogen) atoms. The Labute approximate surface area is 151 Å². The van der Waals surface area contributed by atoms with Crippen LogP contribution >= 0.6 is 23.2 Å². The van der Waals surface area contributed by atoms with Crippen molar-refractivity contribution in [3.05, 3.63) is 69.7 Å². The molecule has 0 saturated carbocycles. The van der Waals surface area contributed by atoms with Gasteiger partial charge in [-0.25, -0.2) is 8.42 Å². The average Bonchev–Trinajstić information content (AvgIpc) is 2.50. The summed E-state index contributed by atoms with van der Waals surface area (Å²) in [6, 6.07) is 13.2. The average molecular weight is 381 g/mol. The predicted octanol–water partition coefficient (Wildman–Crippen LogP) is 4.09. The van der Waals surface area contributed by atoms with E-state index in [2.05, 4.69) is 11.8 Å². The van der Waals surface area contributed by atoms with Crippen LogP contribution in [0.2, 0.25) is 10.0 Å². The summed E-state index contributed by atoms with van der Waals surface area (Å²) in [6.07, 6.45) is 0. The van der Waals surface area contributed by atoms with Gasteiger partial charge in [-0.2, -0.15) is 0 Å². The molecular formula is C18H14Cl2O3S. The summed E-state index contributed by atoms with van der Waals surface area (Å²) >= 11 is 11.8. The Morgan fingerprint density at radius 2 is 1.38 bits per heavy atom. The number of carbonyl (C=O) groups excluding carboxylic acids is 1. The summed E-state index contributed by atoms with van der Waals surface area (Å²) in [5.74, 6) is 3.91. The van der Waals surface area contributed by atoms with Crippen LogP contribution in [0.15, 0.2) is 48.5 Å². The first-order valence-corrected chi connectivity index (χ1v) is 9.48. The zero-order valence-electron chi connectivity index (χ0n) is 12.8. The van der Waals surface area contributed by atoms with Gasteiger partial charge >= 0.3 is 0 Å². The van der Waals surface area contributed by atoms with E-state index in [0.717, 1.165) is 0 Å². The minimum Gasteiger partial charge on any atom is -0.285 e. The largest absolute Gasteiger partial charge is 0.285 e. The Morgan fingerprint density at radius 3 is 1.75 bits per heavy atom. The van der Waals surface area contributed by atoms with E-state index in [9.17, 15) is 13.2 Å². The molecule has 0 aromatic heterocycles. The van der Waals surface area contributed by atoms with Crippen LogP contribution in [0.1, 0.15) is 23.3 Å². The minimum absolute atomic E-state index is 0.375. The molecule has 0 aliphatic carbocycles. The number of rotatable bonds is 4. The van der Waals surface area contributed by atoms with Gasteiger partial charge in [-0.3, -0.25) is 4.79 Å². The van der Waals surface area contributed by atoms with Crippen LogP contribution < -0.4 is 0 Å². The molecule has 0 unspecified atom stereocenters. The highest BCUT2D eigenvalue weighted by Crippen LogP contribution is 2.32. The molecule has 0 atom stereocenters. The van der Waals surface area contributed by atoms with Crippen molar-refractivity contribution in [3.63, 3.8) is 0 Å². The van der Waals surface area contributed by atoms with Gasteiger partial charge in [0.05, 0.1) is 0 Å². The molecule has 0 spiro atoms.